The molecule has 1 aromatic carbocycles. The highest BCUT2D eigenvalue weighted by molar-refractivity contribution is 7.14. The Kier molecular flexibility index (Phi) is 6.08. The molecule has 1 aliphatic rings. The number of methoxy groups -OCH3 is 1. The summed E-state index contributed by atoms with van der Waals surface area (Å²) in [7, 11) is 1.38. The second kappa shape index (κ2) is 8.49. The van der Waals surface area contributed by atoms with Crippen LogP contribution in [0.25, 0.3) is 0 Å². The minimum Gasteiger partial charge on any atom is -0.493 e. The summed E-state index contributed by atoms with van der Waals surface area (Å²) in [5, 5.41) is 2.88. The minimum atomic E-state index is -2.91. The minimum absolute atomic E-state index is 0.0282. The number of hydrogen-bond acceptors (Lipinski definition) is 4. The van der Waals surface area contributed by atoms with Crippen LogP contribution in [0.3, 0.4) is 0 Å². The van der Waals surface area contributed by atoms with Crippen LogP contribution in [0, 0.1) is 0 Å². The van der Waals surface area contributed by atoms with Crippen LogP contribution < -0.4 is 14.8 Å². The van der Waals surface area contributed by atoms with Crippen LogP contribution in [-0.2, 0) is 19.4 Å². The predicted octanol–water partition coefficient (Wildman–Crippen LogP) is 4.56. The number of fused-ring (bicyclic) bond motifs is 1. The van der Waals surface area contributed by atoms with Crippen molar-refractivity contribution in [2.45, 2.75) is 45.3 Å². The van der Waals surface area contributed by atoms with E-state index >= 15 is 0 Å². The smallest absolute Gasteiger partial charge is 0.387 e. The van der Waals surface area contributed by atoms with Gasteiger partial charge in [-0.2, -0.15) is 8.78 Å². The maximum atomic E-state index is 12.4. The number of hydrogen-bond donors (Lipinski definition) is 1. The van der Waals surface area contributed by atoms with Crippen LogP contribution in [0.15, 0.2) is 24.3 Å². The van der Waals surface area contributed by atoms with Gasteiger partial charge in [0.05, 0.1) is 12.0 Å². The first-order chi connectivity index (χ1) is 12.6. The third-order valence-corrected chi connectivity index (χ3v) is 5.60. The van der Waals surface area contributed by atoms with Crippen LogP contribution in [0.4, 0.5) is 8.78 Å². The highest BCUT2D eigenvalue weighted by Gasteiger charge is 2.17. The SMILES string of the molecule is COc1cc(CNC(=O)c2cc3c(s2)CCCCC3)ccc1OC(F)F. The second-order valence-corrected chi connectivity index (χ2v) is 7.30. The van der Waals surface area contributed by atoms with E-state index in [-0.39, 0.29) is 24.0 Å². The summed E-state index contributed by atoms with van der Waals surface area (Å²) in [6.07, 6.45) is 5.70. The molecule has 1 amide bonds. The molecule has 7 heteroatoms. The standard InChI is InChI=1S/C19H21F2NO3S/c1-24-15-9-12(7-8-14(15)25-19(20)21)11-22-18(23)17-10-13-5-3-2-4-6-16(13)26-17/h7-10,19H,2-6,11H2,1H3,(H,22,23). The molecular formula is C19H21F2NO3S. The first kappa shape index (κ1) is 18.6. The zero-order chi connectivity index (χ0) is 18.5. The van der Waals surface area contributed by atoms with E-state index in [1.54, 1.807) is 23.5 Å². The summed E-state index contributed by atoms with van der Waals surface area (Å²) in [6, 6.07) is 6.63. The van der Waals surface area contributed by atoms with Gasteiger partial charge in [0.15, 0.2) is 11.5 Å². The normalized spacial score (nSPS) is 13.8. The molecular weight excluding hydrogens is 360 g/mol. The fraction of sp³-hybridized carbons (Fsp3) is 0.421. The van der Waals surface area contributed by atoms with Gasteiger partial charge in [0.25, 0.3) is 5.91 Å². The Morgan fingerprint density at radius 1 is 1.19 bits per heavy atom. The molecule has 140 valence electrons. The topological polar surface area (TPSA) is 47.6 Å². The van der Waals surface area contributed by atoms with E-state index in [0.717, 1.165) is 23.3 Å². The van der Waals surface area contributed by atoms with Gasteiger partial charge in [-0.15, -0.1) is 11.3 Å². The third-order valence-electron chi connectivity index (χ3n) is 4.37. The lowest BCUT2D eigenvalue weighted by atomic mass is 10.1. The molecule has 1 N–H and O–H groups in total. The van der Waals surface area contributed by atoms with Crippen molar-refractivity contribution in [1.29, 1.82) is 0 Å². The molecule has 1 heterocycles. The van der Waals surface area contributed by atoms with Crippen LogP contribution in [0.2, 0.25) is 0 Å². The lowest BCUT2D eigenvalue weighted by Gasteiger charge is -2.11. The quantitative estimate of drug-likeness (QED) is 0.747. The Balaban J connectivity index is 1.64. The number of aryl methyl sites for hydroxylation is 2. The second-order valence-electron chi connectivity index (χ2n) is 6.17. The molecule has 4 nitrogen and oxygen atoms in total. The van der Waals surface area contributed by atoms with E-state index in [9.17, 15) is 13.6 Å². The van der Waals surface area contributed by atoms with Gasteiger partial charge in [-0.05, 0) is 55.0 Å². The van der Waals surface area contributed by atoms with E-state index < -0.39 is 6.61 Å². The molecule has 0 radical (unpaired) electrons. The number of amides is 1. The number of nitrogens with one attached hydrogen (secondary N) is 1. The van der Waals surface area contributed by atoms with Crippen molar-refractivity contribution < 1.29 is 23.0 Å². The summed E-state index contributed by atoms with van der Waals surface area (Å²) in [4.78, 5) is 14.5. The van der Waals surface area contributed by atoms with Crippen molar-refractivity contribution in [3.8, 4) is 11.5 Å². The Labute approximate surface area is 155 Å². The molecule has 0 saturated carbocycles. The van der Waals surface area contributed by atoms with Crippen molar-refractivity contribution in [2.24, 2.45) is 0 Å². The average Bonchev–Trinajstić information content (AvgIpc) is 2.91. The lowest BCUT2D eigenvalue weighted by Crippen LogP contribution is -2.21. The predicted molar refractivity (Wildman–Crippen MR) is 96.4 cm³/mol. The fourth-order valence-corrected chi connectivity index (χ4v) is 4.23. The number of carbonyl (C=O) groups excluding carboxylic acids is 1. The van der Waals surface area contributed by atoms with E-state index in [1.807, 2.05) is 6.07 Å². The largest absolute Gasteiger partial charge is 0.493 e. The number of benzene rings is 1. The molecule has 1 aliphatic carbocycles. The van der Waals surface area contributed by atoms with Gasteiger partial charge in [-0.1, -0.05) is 12.5 Å². The van der Waals surface area contributed by atoms with Crippen LogP contribution >= 0.6 is 11.3 Å². The van der Waals surface area contributed by atoms with E-state index in [4.69, 9.17) is 4.74 Å². The van der Waals surface area contributed by atoms with Crippen molar-refractivity contribution in [3.63, 3.8) is 0 Å². The molecule has 0 unspecified atom stereocenters. The van der Waals surface area contributed by atoms with Crippen molar-refractivity contribution in [2.75, 3.05) is 7.11 Å². The zero-order valence-electron chi connectivity index (χ0n) is 14.5. The van der Waals surface area contributed by atoms with Gasteiger partial charge in [0, 0.05) is 11.4 Å². The summed E-state index contributed by atoms with van der Waals surface area (Å²) in [5.41, 5.74) is 2.04. The van der Waals surface area contributed by atoms with Crippen molar-refractivity contribution >= 4 is 17.2 Å². The molecule has 0 atom stereocenters. The number of alkyl halides is 2. The monoisotopic (exact) mass is 381 g/mol. The van der Waals surface area contributed by atoms with E-state index in [0.29, 0.717) is 0 Å². The average molecular weight is 381 g/mol. The van der Waals surface area contributed by atoms with Crippen LogP contribution in [-0.4, -0.2) is 19.6 Å². The molecule has 0 bridgehead atoms. The molecule has 1 aromatic heterocycles. The van der Waals surface area contributed by atoms with E-state index in [2.05, 4.69) is 10.1 Å². The molecule has 0 fully saturated rings. The Morgan fingerprint density at radius 3 is 2.77 bits per heavy atom. The first-order valence-electron chi connectivity index (χ1n) is 8.58. The molecule has 26 heavy (non-hydrogen) atoms. The molecule has 3 rings (SSSR count). The number of thiophene rings is 1. The number of carbonyl (C=O) groups is 1. The first-order valence-corrected chi connectivity index (χ1v) is 9.40. The molecule has 2 aromatic rings. The van der Waals surface area contributed by atoms with Crippen molar-refractivity contribution in [1.82, 2.24) is 5.32 Å². The number of ether oxygens (including phenoxy) is 2. The molecule has 0 spiro atoms. The Morgan fingerprint density at radius 2 is 2.00 bits per heavy atom. The highest BCUT2D eigenvalue weighted by atomic mass is 32.1. The Hall–Kier alpha value is -2.15. The maximum absolute atomic E-state index is 12.4. The van der Waals surface area contributed by atoms with Gasteiger partial charge in [0.2, 0.25) is 0 Å². The lowest BCUT2D eigenvalue weighted by molar-refractivity contribution is -0.0512. The maximum Gasteiger partial charge on any atom is 0.387 e. The summed E-state index contributed by atoms with van der Waals surface area (Å²) < 4.78 is 34.2. The molecule has 0 saturated heterocycles. The summed E-state index contributed by atoms with van der Waals surface area (Å²) in [6.45, 7) is -2.63. The fourth-order valence-electron chi connectivity index (χ4n) is 3.06. The zero-order valence-corrected chi connectivity index (χ0v) is 15.3. The number of halogens is 2. The van der Waals surface area contributed by atoms with Crippen molar-refractivity contribution in [3.05, 3.63) is 45.1 Å². The number of rotatable bonds is 6. The van der Waals surface area contributed by atoms with Gasteiger partial charge in [0.1, 0.15) is 0 Å². The highest BCUT2D eigenvalue weighted by Crippen LogP contribution is 2.30. The van der Waals surface area contributed by atoms with Gasteiger partial charge in [-0.25, -0.2) is 0 Å². The van der Waals surface area contributed by atoms with Gasteiger partial charge < -0.3 is 14.8 Å². The third kappa shape index (κ3) is 4.52. The van der Waals surface area contributed by atoms with Crippen LogP contribution in [0.5, 0.6) is 11.5 Å². The van der Waals surface area contributed by atoms with Gasteiger partial charge in [-0.3, -0.25) is 4.79 Å². The summed E-state index contributed by atoms with van der Waals surface area (Å²) in [5.74, 6) is 0.0643. The van der Waals surface area contributed by atoms with Crippen LogP contribution in [0.1, 0.15) is 44.9 Å². The van der Waals surface area contributed by atoms with Gasteiger partial charge >= 0.3 is 6.61 Å². The Bertz CT molecular complexity index is 753. The summed E-state index contributed by atoms with van der Waals surface area (Å²) >= 11 is 1.57. The van der Waals surface area contributed by atoms with E-state index in [1.165, 1.54) is 42.9 Å². The molecule has 0 aliphatic heterocycles.